The van der Waals surface area contributed by atoms with Gasteiger partial charge in [0.1, 0.15) is 35.4 Å². The second-order valence-electron chi connectivity index (χ2n) is 17.7. The van der Waals surface area contributed by atoms with Gasteiger partial charge >= 0.3 is 0 Å². The number of fused-ring (bicyclic) bond motifs is 1. The van der Waals surface area contributed by atoms with Crippen LogP contribution in [0.4, 0.5) is 0 Å². The van der Waals surface area contributed by atoms with E-state index in [4.69, 9.17) is 14.5 Å². The summed E-state index contributed by atoms with van der Waals surface area (Å²) in [6.07, 6.45) is 10.4. The van der Waals surface area contributed by atoms with Crippen LogP contribution in [0.3, 0.4) is 0 Å². The Morgan fingerprint density at radius 3 is 2.34 bits per heavy atom. The predicted molar refractivity (Wildman–Crippen MR) is 239 cm³/mol. The Balaban J connectivity index is 1.19. The lowest BCUT2D eigenvalue weighted by molar-refractivity contribution is -0.144. The minimum atomic E-state index is -1.12. The largest absolute Gasteiger partial charge is 0.497 e. The van der Waals surface area contributed by atoms with Crippen molar-refractivity contribution in [3.8, 4) is 22.8 Å². The van der Waals surface area contributed by atoms with Crippen LogP contribution in [0.2, 0.25) is 0 Å². The average Bonchev–Trinajstić information content (AvgIpc) is 4.04. The molecule has 0 radical (unpaired) electrons. The van der Waals surface area contributed by atoms with E-state index in [1.54, 1.807) is 13.2 Å². The van der Waals surface area contributed by atoms with Gasteiger partial charge in [-0.2, -0.15) is 0 Å². The Hall–Kier alpha value is -6.25. The highest BCUT2D eigenvalue weighted by atomic mass is 16.5. The predicted octanol–water partition coefficient (Wildman–Crippen LogP) is 5.79. The van der Waals surface area contributed by atoms with Crippen molar-refractivity contribution in [3.05, 3.63) is 78.9 Å². The van der Waals surface area contributed by atoms with Crippen LogP contribution in [-0.4, -0.2) is 99.0 Å². The van der Waals surface area contributed by atoms with Crippen molar-refractivity contribution in [1.82, 2.24) is 35.8 Å². The number of ketones is 2. The molecule has 5 atom stereocenters. The molecule has 1 saturated heterocycles. The molecule has 2 saturated carbocycles. The number of hydrogen-bond acceptors (Lipinski definition) is 11. The summed E-state index contributed by atoms with van der Waals surface area (Å²) in [5.74, 6) is -3.42. The maximum Gasteiger partial charge on any atom is 0.289 e. The average molecular weight is 874 g/mol. The lowest BCUT2D eigenvalue weighted by atomic mass is 9.77. The molecule has 3 N–H and O–H groups in total. The summed E-state index contributed by atoms with van der Waals surface area (Å²) >= 11 is 0. The smallest absolute Gasteiger partial charge is 0.289 e. The number of methoxy groups -OCH3 is 1. The summed E-state index contributed by atoms with van der Waals surface area (Å²) in [6.45, 7) is 5.47. The van der Waals surface area contributed by atoms with Gasteiger partial charge < -0.3 is 30.3 Å². The molecule has 4 amide bonds. The highest BCUT2D eigenvalue weighted by Crippen LogP contribution is 2.36. The molecule has 1 aliphatic heterocycles. The zero-order valence-corrected chi connectivity index (χ0v) is 37.1. The molecule has 2 aliphatic carbocycles. The molecule has 0 bridgehead atoms. The lowest BCUT2D eigenvalue weighted by Gasteiger charge is -2.34. The number of hydrogen-bond donors (Lipinski definition) is 3. The molecule has 3 heterocycles. The number of rotatable bonds is 19. The van der Waals surface area contributed by atoms with Crippen molar-refractivity contribution in [1.29, 1.82) is 0 Å². The van der Waals surface area contributed by atoms with Gasteiger partial charge in [0.25, 0.3) is 5.91 Å². The number of aromatic nitrogens is 3. The van der Waals surface area contributed by atoms with Gasteiger partial charge in [-0.15, -0.1) is 0 Å². The van der Waals surface area contributed by atoms with Crippen LogP contribution in [0.15, 0.2) is 73.2 Å². The standard InChI is InChI=1S/C49H59N7O8/c1-5-12-37(45(58)48(61)52-32-17-18-32)54-47(60)41-24-34(64-43-26-38(31-15-10-7-11-16-31)53-39-23-33(63-4)19-20-35(39)43)28-56(41)49(62)44(29(2)3)55-46(59)36(30-13-8-6-9-14-30)25-42(57)40-27-50-21-22-51-40/h7,10-11,15-16,19-23,26-27,29-30,32,34,36-37,41,44H,5-6,8-9,12-14,17-18,24-25,28H2,1-4H3,(H,52,61)(H,54,60)(H,55,59)/t34-,36+,37+,41+,44+/m1/s1. The number of nitrogens with zero attached hydrogens (tertiary/aromatic N) is 4. The maximum atomic E-state index is 15.0. The first-order chi connectivity index (χ1) is 30.9. The van der Waals surface area contributed by atoms with Crippen molar-refractivity contribution in [2.24, 2.45) is 17.8 Å². The number of carbonyl (C=O) groups excluding carboxylic acids is 6. The van der Waals surface area contributed by atoms with Crippen LogP contribution in [0.1, 0.15) is 102 Å². The van der Waals surface area contributed by atoms with Crippen molar-refractivity contribution in [2.75, 3.05) is 13.7 Å². The molecule has 2 aromatic carbocycles. The number of Topliss-reactive ketones (excluding diaryl/α,β-unsaturated/α-hetero) is 2. The first-order valence-electron chi connectivity index (χ1n) is 22.7. The van der Waals surface area contributed by atoms with Crippen molar-refractivity contribution >= 4 is 46.1 Å². The minimum absolute atomic E-state index is 0.0254. The van der Waals surface area contributed by atoms with Gasteiger partial charge in [0.2, 0.25) is 23.5 Å². The van der Waals surface area contributed by atoms with E-state index in [0.717, 1.165) is 50.5 Å². The topological polar surface area (TPSA) is 199 Å². The quantitative estimate of drug-likeness (QED) is 0.0761. The fourth-order valence-electron chi connectivity index (χ4n) is 8.89. The van der Waals surface area contributed by atoms with E-state index >= 15 is 4.79 Å². The van der Waals surface area contributed by atoms with Gasteiger partial charge in [0, 0.05) is 60.3 Å². The van der Waals surface area contributed by atoms with Crippen LogP contribution >= 0.6 is 0 Å². The van der Waals surface area contributed by atoms with Gasteiger partial charge in [-0.3, -0.25) is 33.8 Å². The van der Waals surface area contributed by atoms with Gasteiger partial charge in [0.05, 0.1) is 37.1 Å². The number of nitrogens with one attached hydrogen (secondary N) is 3. The fraction of sp³-hybridized carbons (Fsp3) is 0.490. The monoisotopic (exact) mass is 873 g/mol. The molecule has 15 nitrogen and oxygen atoms in total. The zero-order valence-electron chi connectivity index (χ0n) is 37.1. The molecule has 4 aromatic rings. The summed E-state index contributed by atoms with van der Waals surface area (Å²) < 4.78 is 12.3. The van der Waals surface area contributed by atoms with Gasteiger partial charge in [0.15, 0.2) is 5.78 Å². The second-order valence-corrected chi connectivity index (χ2v) is 17.7. The second kappa shape index (κ2) is 21.0. The van der Waals surface area contributed by atoms with Crippen LogP contribution < -0.4 is 25.4 Å². The number of pyridine rings is 1. The van der Waals surface area contributed by atoms with E-state index in [2.05, 4.69) is 25.9 Å². The first-order valence-corrected chi connectivity index (χ1v) is 22.7. The first kappa shape index (κ1) is 45.8. The van der Waals surface area contributed by atoms with Gasteiger partial charge in [-0.1, -0.05) is 76.8 Å². The molecule has 0 unspecified atom stereocenters. The van der Waals surface area contributed by atoms with E-state index in [1.807, 2.05) is 69.3 Å². The third-order valence-electron chi connectivity index (χ3n) is 12.6. The Bertz CT molecular complexity index is 2320. The van der Waals surface area contributed by atoms with Crippen LogP contribution in [-0.2, 0) is 24.0 Å². The SMILES string of the molecule is CCC[C@H](NC(=O)[C@@H]1C[C@@H](Oc2cc(-c3ccccc3)nc3cc(OC)ccc23)CN1C(=O)[C@@H](NC(=O)[C@@H](CC(=O)c1cnccn1)C1CCCCC1)C(C)C)C(=O)C(=O)NC1CC1. The molecule has 64 heavy (non-hydrogen) atoms. The Kier molecular flexibility index (Phi) is 15.0. The summed E-state index contributed by atoms with van der Waals surface area (Å²) in [5, 5.41) is 9.28. The van der Waals surface area contributed by atoms with E-state index < -0.39 is 65.5 Å². The van der Waals surface area contributed by atoms with Gasteiger partial charge in [-0.25, -0.2) is 9.97 Å². The van der Waals surface area contributed by atoms with E-state index in [9.17, 15) is 24.0 Å². The molecular formula is C49H59N7O8. The summed E-state index contributed by atoms with van der Waals surface area (Å²) in [6, 6.07) is 13.6. The van der Waals surface area contributed by atoms with Crippen LogP contribution in [0.5, 0.6) is 11.5 Å². The van der Waals surface area contributed by atoms with Crippen molar-refractivity contribution in [2.45, 2.75) is 122 Å². The molecule has 3 fully saturated rings. The highest BCUT2D eigenvalue weighted by Gasteiger charge is 2.46. The third kappa shape index (κ3) is 11.1. The fourth-order valence-corrected chi connectivity index (χ4v) is 8.89. The summed E-state index contributed by atoms with van der Waals surface area (Å²) in [5.41, 5.74) is 2.30. The number of carbonyl (C=O) groups is 6. The van der Waals surface area contributed by atoms with E-state index in [0.29, 0.717) is 34.5 Å². The molecule has 0 spiro atoms. The number of likely N-dealkylation sites (tertiary alicyclic amines) is 1. The summed E-state index contributed by atoms with van der Waals surface area (Å²) in [4.78, 5) is 98.4. The molecular weight excluding hydrogens is 815 g/mol. The van der Waals surface area contributed by atoms with Crippen molar-refractivity contribution < 1.29 is 38.2 Å². The Labute approximate surface area is 373 Å². The highest BCUT2D eigenvalue weighted by molar-refractivity contribution is 6.38. The Morgan fingerprint density at radius 1 is 0.906 bits per heavy atom. The summed E-state index contributed by atoms with van der Waals surface area (Å²) in [7, 11) is 1.58. The molecule has 2 aromatic heterocycles. The zero-order chi connectivity index (χ0) is 45.3. The maximum absolute atomic E-state index is 15.0. The Morgan fingerprint density at radius 2 is 1.67 bits per heavy atom. The normalized spacial score (nSPS) is 19.0. The molecule has 3 aliphatic rings. The third-order valence-corrected chi connectivity index (χ3v) is 12.6. The minimum Gasteiger partial charge on any atom is -0.497 e. The molecule has 338 valence electrons. The lowest BCUT2D eigenvalue weighted by Crippen LogP contribution is -2.58. The molecule has 7 rings (SSSR count). The number of amides is 4. The van der Waals surface area contributed by atoms with Crippen LogP contribution in [0.25, 0.3) is 22.2 Å². The van der Waals surface area contributed by atoms with E-state index in [-0.39, 0.29) is 49.2 Å². The van der Waals surface area contributed by atoms with Gasteiger partial charge in [-0.05, 0) is 56.1 Å². The van der Waals surface area contributed by atoms with E-state index in [1.165, 1.54) is 23.5 Å². The van der Waals surface area contributed by atoms with Crippen molar-refractivity contribution in [3.63, 3.8) is 0 Å². The molecule has 15 heteroatoms. The number of ether oxygens (including phenoxy) is 2. The van der Waals surface area contributed by atoms with Crippen LogP contribution in [0, 0.1) is 17.8 Å². The number of benzene rings is 2.